The molecule has 9 heteroatoms. The molecule has 1 aromatic carbocycles. The summed E-state index contributed by atoms with van der Waals surface area (Å²) in [7, 11) is -3.67. The molecular formula is C16H22N2O6S. The standard InChI is InChI=1S/C16H22N2O6S/c1-12(16(19)17-5-7-22-8-6-17)18(25(2,20)21)13-3-4-14-15(11-13)24-10-9-23-14/h3-4,11-12H,5-10H2,1-2H3/t12-/m0/s1. The van der Waals surface area contributed by atoms with E-state index >= 15 is 0 Å². The monoisotopic (exact) mass is 370 g/mol. The van der Waals surface area contributed by atoms with Crippen LogP contribution >= 0.6 is 0 Å². The van der Waals surface area contributed by atoms with Crippen LogP contribution in [0, 0.1) is 0 Å². The molecule has 25 heavy (non-hydrogen) atoms. The van der Waals surface area contributed by atoms with E-state index in [1.165, 1.54) is 0 Å². The maximum atomic E-state index is 12.8. The van der Waals surface area contributed by atoms with Gasteiger partial charge in [-0.15, -0.1) is 0 Å². The molecule has 0 saturated carbocycles. The maximum Gasteiger partial charge on any atom is 0.246 e. The second-order valence-corrected chi connectivity index (χ2v) is 7.86. The van der Waals surface area contributed by atoms with Crippen molar-refractivity contribution in [1.29, 1.82) is 0 Å². The summed E-state index contributed by atoms with van der Waals surface area (Å²) in [5.74, 6) is 0.794. The molecule has 0 radical (unpaired) electrons. The fourth-order valence-electron chi connectivity index (χ4n) is 3.02. The number of morpholine rings is 1. The van der Waals surface area contributed by atoms with Crippen LogP contribution in [0.2, 0.25) is 0 Å². The molecule has 0 aliphatic carbocycles. The number of carbonyl (C=O) groups excluding carboxylic acids is 1. The van der Waals surface area contributed by atoms with Gasteiger partial charge in [-0.3, -0.25) is 9.10 Å². The zero-order valence-corrected chi connectivity index (χ0v) is 15.1. The summed E-state index contributed by atoms with van der Waals surface area (Å²) in [5.41, 5.74) is 0.376. The Kier molecular flexibility index (Phi) is 5.05. The molecular weight excluding hydrogens is 348 g/mol. The number of fused-ring (bicyclic) bond motifs is 1. The third-order valence-corrected chi connectivity index (χ3v) is 5.41. The van der Waals surface area contributed by atoms with E-state index in [2.05, 4.69) is 0 Å². The van der Waals surface area contributed by atoms with Gasteiger partial charge in [-0.2, -0.15) is 0 Å². The van der Waals surface area contributed by atoms with Crippen LogP contribution in [0.4, 0.5) is 5.69 Å². The van der Waals surface area contributed by atoms with E-state index in [1.807, 2.05) is 0 Å². The molecule has 0 unspecified atom stereocenters. The van der Waals surface area contributed by atoms with Crippen LogP contribution in [0.15, 0.2) is 18.2 Å². The molecule has 2 aliphatic heterocycles. The van der Waals surface area contributed by atoms with Crippen LogP contribution in [0.3, 0.4) is 0 Å². The minimum absolute atomic E-state index is 0.247. The highest BCUT2D eigenvalue weighted by molar-refractivity contribution is 7.92. The highest BCUT2D eigenvalue weighted by atomic mass is 32.2. The average molecular weight is 370 g/mol. The summed E-state index contributed by atoms with van der Waals surface area (Å²) in [6, 6.07) is 4.01. The van der Waals surface area contributed by atoms with Gasteiger partial charge < -0.3 is 19.1 Å². The largest absolute Gasteiger partial charge is 0.486 e. The molecule has 1 aromatic rings. The molecule has 0 spiro atoms. The van der Waals surface area contributed by atoms with Gasteiger partial charge in [0.15, 0.2) is 11.5 Å². The lowest BCUT2D eigenvalue weighted by Crippen LogP contribution is -2.52. The van der Waals surface area contributed by atoms with Crippen molar-refractivity contribution in [2.45, 2.75) is 13.0 Å². The van der Waals surface area contributed by atoms with Gasteiger partial charge in [-0.25, -0.2) is 8.42 Å². The molecule has 3 rings (SSSR count). The van der Waals surface area contributed by atoms with Crippen molar-refractivity contribution in [2.75, 3.05) is 50.1 Å². The highest BCUT2D eigenvalue weighted by Crippen LogP contribution is 2.35. The zero-order chi connectivity index (χ0) is 18.0. The average Bonchev–Trinajstić information content (AvgIpc) is 2.60. The SMILES string of the molecule is C[C@@H](C(=O)N1CCOCC1)N(c1ccc2c(c1)OCCO2)S(C)(=O)=O. The summed E-state index contributed by atoms with van der Waals surface area (Å²) in [4.78, 5) is 14.4. The van der Waals surface area contributed by atoms with Gasteiger partial charge in [0.1, 0.15) is 19.3 Å². The molecule has 2 aliphatic rings. The van der Waals surface area contributed by atoms with Gasteiger partial charge in [0.2, 0.25) is 15.9 Å². The number of sulfonamides is 1. The number of hydrogen-bond donors (Lipinski definition) is 0. The molecule has 1 atom stereocenters. The van der Waals surface area contributed by atoms with Gasteiger partial charge in [0.05, 0.1) is 25.2 Å². The van der Waals surface area contributed by atoms with Crippen LogP contribution in [-0.2, 0) is 19.6 Å². The first kappa shape index (κ1) is 17.8. The van der Waals surface area contributed by atoms with Crippen molar-refractivity contribution < 1.29 is 27.4 Å². The van der Waals surface area contributed by atoms with Crippen molar-refractivity contribution in [3.8, 4) is 11.5 Å². The Labute approximate surface area is 147 Å². The zero-order valence-electron chi connectivity index (χ0n) is 14.3. The molecule has 1 amide bonds. The molecule has 138 valence electrons. The van der Waals surface area contributed by atoms with Crippen LogP contribution in [0.5, 0.6) is 11.5 Å². The lowest BCUT2D eigenvalue weighted by molar-refractivity contribution is -0.136. The smallest absolute Gasteiger partial charge is 0.246 e. The van der Waals surface area contributed by atoms with E-state index in [-0.39, 0.29) is 5.91 Å². The second-order valence-electron chi connectivity index (χ2n) is 6.00. The van der Waals surface area contributed by atoms with Crippen LogP contribution in [0.1, 0.15) is 6.92 Å². The summed E-state index contributed by atoms with van der Waals surface area (Å²) in [6.45, 7) is 4.29. The van der Waals surface area contributed by atoms with E-state index in [4.69, 9.17) is 14.2 Å². The number of rotatable bonds is 4. The van der Waals surface area contributed by atoms with Crippen molar-refractivity contribution in [3.05, 3.63) is 18.2 Å². The lowest BCUT2D eigenvalue weighted by Gasteiger charge is -2.34. The first-order valence-electron chi connectivity index (χ1n) is 8.13. The fourth-order valence-corrected chi connectivity index (χ4v) is 4.18. The van der Waals surface area contributed by atoms with Gasteiger partial charge in [0, 0.05) is 19.2 Å². The summed E-state index contributed by atoms with van der Waals surface area (Å²) < 4.78 is 42.1. The van der Waals surface area contributed by atoms with Crippen LogP contribution in [0.25, 0.3) is 0 Å². The number of anilines is 1. The molecule has 1 saturated heterocycles. The van der Waals surface area contributed by atoms with Gasteiger partial charge >= 0.3 is 0 Å². The topological polar surface area (TPSA) is 85.4 Å². The number of carbonyl (C=O) groups is 1. The quantitative estimate of drug-likeness (QED) is 0.766. The van der Waals surface area contributed by atoms with Crippen molar-refractivity contribution >= 4 is 21.6 Å². The Hall–Kier alpha value is -2.00. The van der Waals surface area contributed by atoms with Gasteiger partial charge in [-0.05, 0) is 19.1 Å². The summed E-state index contributed by atoms with van der Waals surface area (Å²) in [5, 5.41) is 0. The van der Waals surface area contributed by atoms with E-state index in [0.29, 0.717) is 56.7 Å². The number of ether oxygens (including phenoxy) is 3. The second kappa shape index (κ2) is 7.09. The molecule has 0 N–H and O–H groups in total. The highest BCUT2D eigenvalue weighted by Gasteiger charge is 2.33. The third-order valence-electron chi connectivity index (χ3n) is 4.17. The molecule has 8 nitrogen and oxygen atoms in total. The van der Waals surface area contributed by atoms with E-state index in [0.717, 1.165) is 10.6 Å². The molecule has 1 fully saturated rings. The van der Waals surface area contributed by atoms with Gasteiger partial charge in [0.25, 0.3) is 0 Å². The Morgan fingerprint density at radius 2 is 1.76 bits per heavy atom. The number of nitrogens with zero attached hydrogens (tertiary/aromatic N) is 2. The van der Waals surface area contributed by atoms with Crippen molar-refractivity contribution in [2.24, 2.45) is 0 Å². The fraction of sp³-hybridized carbons (Fsp3) is 0.562. The van der Waals surface area contributed by atoms with E-state index in [9.17, 15) is 13.2 Å². The van der Waals surface area contributed by atoms with E-state index in [1.54, 1.807) is 30.0 Å². The van der Waals surface area contributed by atoms with E-state index < -0.39 is 16.1 Å². The van der Waals surface area contributed by atoms with Gasteiger partial charge in [-0.1, -0.05) is 0 Å². The molecule has 0 bridgehead atoms. The number of hydrogen-bond acceptors (Lipinski definition) is 6. The molecule has 2 heterocycles. The Morgan fingerprint density at radius 3 is 2.40 bits per heavy atom. The maximum absolute atomic E-state index is 12.8. The molecule has 0 aromatic heterocycles. The normalized spacial score (nSPS) is 18.6. The minimum Gasteiger partial charge on any atom is -0.486 e. The minimum atomic E-state index is -3.67. The Morgan fingerprint density at radius 1 is 1.12 bits per heavy atom. The van der Waals surface area contributed by atoms with Crippen LogP contribution < -0.4 is 13.8 Å². The van der Waals surface area contributed by atoms with Crippen molar-refractivity contribution in [3.63, 3.8) is 0 Å². The predicted molar refractivity (Wildman–Crippen MR) is 91.6 cm³/mol. The Bertz CT molecular complexity index is 745. The predicted octanol–water partition coefficient (Wildman–Crippen LogP) is 0.471. The van der Waals surface area contributed by atoms with Crippen LogP contribution in [-0.4, -0.2) is 71.0 Å². The first-order valence-corrected chi connectivity index (χ1v) is 9.98. The van der Waals surface area contributed by atoms with Crippen molar-refractivity contribution in [1.82, 2.24) is 4.90 Å². The summed E-state index contributed by atoms with van der Waals surface area (Å²) >= 11 is 0. The Balaban J connectivity index is 1.91. The number of amides is 1. The lowest BCUT2D eigenvalue weighted by atomic mass is 10.2. The summed E-state index contributed by atoms with van der Waals surface area (Å²) in [6.07, 6.45) is 1.09. The first-order chi connectivity index (χ1) is 11.9. The third kappa shape index (κ3) is 3.82. The number of benzene rings is 1.